The average molecular weight is 364 g/mol. The van der Waals surface area contributed by atoms with Crippen LogP contribution in [0.2, 0.25) is 0 Å². The van der Waals surface area contributed by atoms with Gasteiger partial charge in [-0.15, -0.1) is 0 Å². The zero-order valence-electron chi connectivity index (χ0n) is 14.8. The average Bonchev–Trinajstić information content (AvgIpc) is 3.41. The Hall–Kier alpha value is -3.19. The Morgan fingerprint density at radius 3 is 2.52 bits per heavy atom. The Kier molecular flexibility index (Phi) is 4.84. The van der Waals surface area contributed by atoms with E-state index in [1.807, 2.05) is 35.2 Å². The van der Waals surface area contributed by atoms with E-state index < -0.39 is 0 Å². The van der Waals surface area contributed by atoms with E-state index in [0.717, 1.165) is 11.3 Å². The van der Waals surface area contributed by atoms with Gasteiger partial charge in [-0.1, -0.05) is 30.3 Å². The van der Waals surface area contributed by atoms with Gasteiger partial charge in [0.2, 0.25) is 5.78 Å². The lowest BCUT2D eigenvalue weighted by molar-refractivity contribution is 0.0615. The van der Waals surface area contributed by atoms with Gasteiger partial charge in [0.05, 0.1) is 18.5 Å². The second kappa shape index (κ2) is 7.59. The van der Waals surface area contributed by atoms with E-state index >= 15 is 0 Å². The molecule has 1 fully saturated rings. The van der Waals surface area contributed by atoms with E-state index in [1.165, 1.54) is 6.26 Å². The number of rotatable bonds is 5. The molecule has 0 atom stereocenters. The summed E-state index contributed by atoms with van der Waals surface area (Å²) in [5, 5.41) is 7.09. The first-order valence-corrected chi connectivity index (χ1v) is 8.90. The van der Waals surface area contributed by atoms with Crippen LogP contribution in [-0.2, 0) is 0 Å². The van der Waals surface area contributed by atoms with Crippen LogP contribution in [0.25, 0.3) is 11.3 Å². The molecule has 7 heteroatoms. The highest BCUT2D eigenvalue weighted by Crippen LogP contribution is 2.18. The summed E-state index contributed by atoms with van der Waals surface area (Å²) in [5.41, 5.74) is 2.20. The van der Waals surface area contributed by atoms with Gasteiger partial charge in [0.1, 0.15) is 5.69 Å². The smallest absolute Gasteiger partial charge is 0.271 e. The fraction of sp³-hybridized carbons (Fsp3) is 0.250. The van der Waals surface area contributed by atoms with Crippen LogP contribution in [-0.4, -0.2) is 64.4 Å². The number of piperazine rings is 1. The molecule has 0 spiro atoms. The fourth-order valence-electron chi connectivity index (χ4n) is 3.19. The maximum Gasteiger partial charge on any atom is 0.271 e. The van der Waals surface area contributed by atoms with Gasteiger partial charge in [0.25, 0.3) is 5.91 Å². The Bertz CT molecular complexity index is 910. The number of carbonyl (C=O) groups excluding carboxylic acids is 2. The molecular weight excluding hydrogens is 344 g/mol. The fourth-order valence-corrected chi connectivity index (χ4v) is 3.19. The van der Waals surface area contributed by atoms with E-state index in [4.69, 9.17) is 4.42 Å². The molecule has 0 saturated carbocycles. The largest absolute Gasteiger partial charge is 0.461 e. The van der Waals surface area contributed by atoms with Crippen LogP contribution in [0.5, 0.6) is 0 Å². The number of hydrogen-bond donors (Lipinski definition) is 1. The van der Waals surface area contributed by atoms with Crippen molar-refractivity contribution in [2.24, 2.45) is 0 Å². The molecule has 1 aliphatic heterocycles. The molecule has 1 amide bonds. The first kappa shape index (κ1) is 17.2. The van der Waals surface area contributed by atoms with Crippen LogP contribution in [0.3, 0.4) is 0 Å². The highest BCUT2D eigenvalue weighted by Gasteiger charge is 2.25. The number of nitrogens with zero attached hydrogens (tertiary/aromatic N) is 3. The molecule has 27 heavy (non-hydrogen) atoms. The van der Waals surface area contributed by atoms with Crippen molar-refractivity contribution in [2.75, 3.05) is 32.7 Å². The minimum absolute atomic E-state index is 0.0409. The SMILES string of the molecule is O=C(CN1CCN(C(=O)c2cc(-c3ccccc3)n[nH]2)CC1)c1ccco1. The van der Waals surface area contributed by atoms with E-state index in [0.29, 0.717) is 44.2 Å². The van der Waals surface area contributed by atoms with E-state index in [2.05, 4.69) is 10.2 Å². The molecule has 1 aromatic carbocycles. The standard InChI is InChI=1S/C20H20N4O3/c25-18(19-7-4-12-27-19)14-23-8-10-24(11-9-23)20(26)17-13-16(21-22-17)15-5-2-1-3-6-15/h1-7,12-13H,8-11,14H2,(H,21,22). The van der Waals surface area contributed by atoms with Crippen molar-refractivity contribution in [1.29, 1.82) is 0 Å². The minimum atomic E-state index is -0.0679. The molecule has 3 aromatic rings. The van der Waals surface area contributed by atoms with Crippen molar-refractivity contribution in [1.82, 2.24) is 20.0 Å². The summed E-state index contributed by atoms with van der Waals surface area (Å²) >= 11 is 0. The van der Waals surface area contributed by atoms with Gasteiger partial charge in [-0.05, 0) is 18.2 Å². The summed E-state index contributed by atoms with van der Waals surface area (Å²) < 4.78 is 5.14. The second-order valence-corrected chi connectivity index (χ2v) is 6.50. The normalized spacial score (nSPS) is 15.0. The molecular formula is C20H20N4O3. The lowest BCUT2D eigenvalue weighted by Crippen LogP contribution is -2.50. The van der Waals surface area contributed by atoms with Crippen molar-refractivity contribution in [2.45, 2.75) is 0 Å². The number of benzene rings is 1. The number of ketones is 1. The Balaban J connectivity index is 1.34. The molecule has 1 aliphatic rings. The third-order valence-corrected chi connectivity index (χ3v) is 4.70. The van der Waals surface area contributed by atoms with Crippen molar-refractivity contribution in [3.63, 3.8) is 0 Å². The molecule has 0 radical (unpaired) electrons. The lowest BCUT2D eigenvalue weighted by atomic mass is 10.1. The van der Waals surface area contributed by atoms with Gasteiger partial charge < -0.3 is 9.32 Å². The number of amides is 1. The van der Waals surface area contributed by atoms with Gasteiger partial charge in [-0.2, -0.15) is 5.10 Å². The van der Waals surface area contributed by atoms with Crippen LogP contribution in [0, 0.1) is 0 Å². The summed E-state index contributed by atoms with van der Waals surface area (Å²) in [7, 11) is 0. The summed E-state index contributed by atoms with van der Waals surface area (Å²) in [6.45, 7) is 2.75. The molecule has 3 heterocycles. The third-order valence-electron chi connectivity index (χ3n) is 4.70. The van der Waals surface area contributed by atoms with Crippen LogP contribution < -0.4 is 0 Å². The van der Waals surface area contributed by atoms with Crippen LogP contribution >= 0.6 is 0 Å². The van der Waals surface area contributed by atoms with E-state index in [-0.39, 0.29) is 11.7 Å². The molecule has 0 aliphatic carbocycles. The summed E-state index contributed by atoms with van der Waals surface area (Å²) in [6.07, 6.45) is 1.50. The number of Topliss-reactive ketones (excluding diaryl/α,β-unsaturated/α-hetero) is 1. The maximum absolute atomic E-state index is 12.7. The Morgan fingerprint density at radius 1 is 1.04 bits per heavy atom. The monoisotopic (exact) mass is 364 g/mol. The van der Waals surface area contributed by atoms with Gasteiger partial charge in [0.15, 0.2) is 5.76 Å². The number of aromatic nitrogens is 2. The molecule has 0 unspecified atom stereocenters. The number of furan rings is 1. The molecule has 1 N–H and O–H groups in total. The van der Waals surface area contributed by atoms with Gasteiger partial charge >= 0.3 is 0 Å². The highest BCUT2D eigenvalue weighted by atomic mass is 16.3. The molecule has 1 saturated heterocycles. The predicted molar refractivity (Wildman–Crippen MR) is 99.4 cm³/mol. The molecule has 0 bridgehead atoms. The lowest BCUT2D eigenvalue weighted by Gasteiger charge is -2.33. The minimum Gasteiger partial charge on any atom is -0.461 e. The van der Waals surface area contributed by atoms with E-state index in [1.54, 1.807) is 23.1 Å². The third kappa shape index (κ3) is 3.83. The zero-order chi connectivity index (χ0) is 18.6. The highest BCUT2D eigenvalue weighted by molar-refractivity contribution is 5.95. The Labute approximate surface area is 156 Å². The molecule has 7 nitrogen and oxygen atoms in total. The first-order valence-electron chi connectivity index (χ1n) is 8.90. The van der Waals surface area contributed by atoms with Crippen LogP contribution in [0.1, 0.15) is 21.0 Å². The van der Waals surface area contributed by atoms with Crippen molar-refractivity contribution >= 4 is 11.7 Å². The molecule has 2 aromatic heterocycles. The van der Waals surface area contributed by atoms with Gasteiger partial charge in [0, 0.05) is 31.7 Å². The summed E-state index contributed by atoms with van der Waals surface area (Å²) in [4.78, 5) is 28.7. The maximum atomic E-state index is 12.7. The predicted octanol–water partition coefficient (Wildman–Crippen LogP) is 2.31. The molecule has 4 rings (SSSR count). The number of hydrogen-bond acceptors (Lipinski definition) is 5. The van der Waals surface area contributed by atoms with Crippen LogP contribution in [0.15, 0.2) is 59.2 Å². The number of H-pyrrole nitrogens is 1. The van der Waals surface area contributed by atoms with Crippen LogP contribution in [0.4, 0.5) is 0 Å². The topological polar surface area (TPSA) is 82.4 Å². The first-order chi connectivity index (χ1) is 13.2. The van der Waals surface area contributed by atoms with Crippen molar-refractivity contribution < 1.29 is 14.0 Å². The summed E-state index contributed by atoms with van der Waals surface area (Å²) in [5.74, 6) is 0.266. The number of nitrogens with one attached hydrogen (secondary N) is 1. The van der Waals surface area contributed by atoms with Crippen molar-refractivity contribution in [3.8, 4) is 11.3 Å². The van der Waals surface area contributed by atoms with Gasteiger partial charge in [-0.25, -0.2) is 0 Å². The van der Waals surface area contributed by atoms with E-state index in [9.17, 15) is 9.59 Å². The zero-order valence-corrected chi connectivity index (χ0v) is 14.8. The Morgan fingerprint density at radius 2 is 1.81 bits per heavy atom. The molecule has 138 valence electrons. The quantitative estimate of drug-likeness (QED) is 0.703. The van der Waals surface area contributed by atoms with Gasteiger partial charge in [-0.3, -0.25) is 19.6 Å². The number of carbonyl (C=O) groups is 2. The number of aromatic amines is 1. The second-order valence-electron chi connectivity index (χ2n) is 6.50. The van der Waals surface area contributed by atoms with Crippen molar-refractivity contribution in [3.05, 3.63) is 66.2 Å². The summed E-state index contributed by atoms with van der Waals surface area (Å²) in [6, 6.07) is 14.9.